The van der Waals surface area contributed by atoms with Crippen molar-refractivity contribution in [3.8, 4) is 0 Å². The van der Waals surface area contributed by atoms with E-state index in [0.29, 0.717) is 5.56 Å². The normalized spacial score (nSPS) is 22.3. The van der Waals surface area contributed by atoms with Gasteiger partial charge in [0.25, 0.3) is 5.91 Å². The summed E-state index contributed by atoms with van der Waals surface area (Å²) in [5.41, 5.74) is 2.46. The van der Waals surface area contributed by atoms with E-state index in [1.807, 2.05) is 29.8 Å². The van der Waals surface area contributed by atoms with Gasteiger partial charge in [-0.25, -0.2) is 4.98 Å². The number of hydrogen-bond donors (Lipinski definition) is 2. The molecule has 3 rings (SSSR count). The summed E-state index contributed by atoms with van der Waals surface area (Å²) in [7, 11) is 3.60. The summed E-state index contributed by atoms with van der Waals surface area (Å²) in [5, 5.41) is 6.21. The number of carbonyl (C=O) groups excluding carboxylic acids is 1. The van der Waals surface area contributed by atoms with Crippen LogP contribution in [0.25, 0.3) is 11.0 Å². The molecule has 0 bridgehead atoms. The number of imidazole rings is 1. The lowest BCUT2D eigenvalue weighted by Crippen LogP contribution is -2.43. The number of fused-ring (bicyclic) bond motifs is 1. The number of amides is 1. The van der Waals surface area contributed by atoms with Gasteiger partial charge in [-0.15, -0.1) is 0 Å². The second kappa shape index (κ2) is 5.22. The number of rotatable bonds is 3. The van der Waals surface area contributed by atoms with E-state index in [0.717, 1.165) is 24.1 Å². The minimum absolute atomic E-state index is 0.00642. The quantitative estimate of drug-likeness (QED) is 0.844. The molecular weight excluding hydrogens is 256 g/mol. The first-order chi connectivity index (χ1) is 9.69. The summed E-state index contributed by atoms with van der Waals surface area (Å²) < 4.78 is 7.27. The van der Waals surface area contributed by atoms with Crippen LogP contribution in [0, 0.1) is 0 Å². The second-order valence-corrected chi connectivity index (χ2v) is 5.07. The molecule has 2 atom stereocenters. The van der Waals surface area contributed by atoms with Crippen LogP contribution in [0.5, 0.6) is 0 Å². The molecule has 2 heterocycles. The molecule has 2 aromatic rings. The zero-order chi connectivity index (χ0) is 14.1. The summed E-state index contributed by atoms with van der Waals surface area (Å²) in [5.74, 6) is -0.0895. The highest BCUT2D eigenvalue weighted by Crippen LogP contribution is 2.14. The number of nitrogens with zero attached hydrogens (tertiary/aromatic N) is 2. The molecule has 1 aromatic carbocycles. The van der Waals surface area contributed by atoms with Crippen molar-refractivity contribution in [2.45, 2.75) is 12.1 Å². The molecule has 2 unspecified atom stereocenters. The second-order valence-electron chi connectivity index (χ2n) is 5.07. The van der Waals surface area contributed by atoms with Crippen LogP contribution in [-0.2, 0) is 11.8 Å². The van der Waals surface area contributed by atoms with Gasteiger partial charge in [0.1, 0.15) is 0 Å². The summed E-state index contributed by atoms with van der Waals surface area (Å²) >= 11 is 0. The average molecular weight is 274 g/mol. The van der Waals surface area contributed by atoms with E-state index in [1.54, 1.807) is 13.4 Å². The van der Waals surface area contributed by atoms with Crippen molar-refractivity contribution in [1.82, 2.24) is 20.2 Å². The lowest BCUT2D eigenvalue weighted by Gasteiger charge is -2.18. The van der Waals surface area contributed by atoms with Crippen LogP contribution in [0.3, 0.4) is 0 Å². The van der Waals surface area contributed by atoms with E-state index in [1.165, 1.54) is 0 Å². The molecule has 1 aliphatic heterocycles. The van der Waals surface area contributed by atoms with Gasteiger partial charge >= 0.3 is 0 Å². The van der Waals surface area contributed by atoms with E-state index >= 15 is 0 Å². The van der Waals surface area contributed by atoms with E-state index in [2.05, 4.69) is 15.6 Å². The van der Waals surface area contributed by atoms with Crippen molar-refractivity contribution >= 4 is 16.9 Å². The third kappa shape index (κ3) is 2.28. The molecule has 0 spiro atoms. The fraction of sp³-hybridized carbons (Fsp3) is 0.429. The van der Waals surface area contributed by atoms with Gasteiger partial charge in [0.15, 0.2) is 0 Å². The van der Waals surface area contributed by atoms with Crippen LogP contribution in [0.1, 0.15) is 10.4 Å². The molecule has 1 fully saturated rings. The Balaban J connectivity index is 1.78. The fourth-order valence-corrected chi connectivity index (χ4v) is 2.58. The third-order valence-electron chi connectivity index (χ3n) is 3.77. The highest BCUT2D eigenvalue weighted by molar-refractivity contribution is 5.97. The number of carbonyl (C=O) groups is 1. The highest BCUT2D eigenvalue weighted by atomic mass is 16.5. The van der Waals surface area contributed by atoms with Crippen molar-refractivity contribution in [1.29, 1.82) is 0 Å². The predicted molar refractivity (Wildman–Crippen MR) is 75.6 cm³/mol. The summed E-state index contributed by atoms with van der Waals surface area (Å²) in [4.78, 5) is 16.6. The van der Waals surface area contributed by atoms with Gasteiger partial charge in [-0.05, 0) is 18.2 Å². The number of benzene rings is 1. The van der Waals surface area contributed by atoms with E-state index in [-0.39, 0.29) is 18.1 Å². The van der Waals surface area contributed by atoms with Crippen LogP contribution in [-0.4, -0.2) is 47.8 Å². The Hall–Kier alpha value is -1.92. The molecule has 1 saturated heterocycles. The third-order valence-corrected chi connectivity index (χ3v) is 3.77. The molecule has 1 amide bonds. The zero-order valence-electron chi connectivity index (χ0n) is 11.6. The monoisotopic (exact) mass is 274 g/mol. The lowest BCUT2D eigenvalue weighted by molar-refractivity contribution is 0.0780. The molecule has 0 aliphatic carbocycles. The van der Waals surface area contributed by atoms with Crippen LogP contribution >= 0.6 is 0 Å². The first-order valence-corrected chi connectivity index (χ1v) is 6.64. The maximum atomic E-state index is 12.3. The number of aromatic nitrogens is 2. The summed E-state index contributed by atoms with van der Waals surface area (Å²) in [6.07, 6.45) is 1.77. The molecule has 6 heteroatoms. The summed E-state index contributed by atoms with van der Waals surface area (Å²) in [6.45, 7) is 1.50. The first kappa shape index (κ1) is 13.1. The number of aryl methyl sites for hydroxylation is 1. The van der Waals surface area contributed by atoms with Gasteiger partial charge in [0.05, 0.1) is 29.5 Å². The summed E-state index contributed by atoms with van der Waals surface area (Å²) in [6, 6.07) is 5.56. The van der Waals surface area contributed by atoms with Gasteiger partial charge in [-0.2, -0.15) is 0 Å². The predicted octanol–water partition coefficient (Wildman–Crippen LogP) is 0.290. The van der Waals surface area contributed by atoms with Crippen molar-refractivity contribution in [2.24, 2.45) is 7.05 Å². The standard InChI is InChI=1S/C14H18N4O2/c1-18-8-16-10-5-9(3-4-12(10)18)14(19)17-11-6-15-7-13(11)20-2/h3-5,8,11,13,15H,6-7H2,1-2H3,(H,17,19). The van der Waals surface area contributed by atoms with Crippen molar-refractivity contribution in [2.75, 3.05) is 20.2 Å². The molecule has 1 aromatic heterocycles. The molecule has 20 heavy (non-hydrogen) atoms. The Morgan fingerprint density at radius 2 is 2.35 bits per heavy atom. The molecule has 1 aliphatic rings. The molecular formula is C14H18N4O2. The van der Waals surface area contributed by atoms with Gasteiger partial charge in [-0.1, -0.05) is 0 Å². The topological polar surface area (TPSA) is 68.2 Å². The number of ether oxygens (including phenoxy) is 1. The number of nitrogens with one attached hydrogen (secondary N) is 2. The van der Waals surface area contributed by atoms with E-state index in [9.17, 15) is 4.79 Å². The lowest BCUT2D eigenvalue weighted by atomic mass is 10.1. The molecule has 6 nitrogen and oxygen atoms in total. The van der Waals surface area contributed by atoms with Gasteiger partial charge in [0, 0.05) is 32.8 Å². The molecule has 0 radical (unpaired) electrons. The minimum atomic E-state index is -0.0895. The zero-order valence-corrected chi connectivity index (χ0v) is 11.6. The number of hydrogen-bond acceptors (Lipinski definition) is 4. The smallest absolute Gasteiger partial charge is 0.251 e. The van der Waals surface area contributed by atoms with E-state index < -0.39 is 0 Å². The molecule has 0 saturated carbocycles. The Morgan fingerprint density at radius 1 is 1.50 bits per heavy atom. The Kier molecular flexibility index (Phi) is 3.42. The molecule has 2 N–H and O–H groups in total. The Bertz CT molecular complexity index is 637. The van der Waals surface area contributed by atoms with Gasteiger partial charge in [0.2, 0.25) is 0 Å². The van der Waals surface area contributed by atoms with Crippen LogP contribution in [0.4, 0.5) is 0 Å². The molecule has 106 valence electrons. The Morgan fingerprint density at radius 3 is 3.15 bits per heavy atom. The van der Waals surface area contributed by atoms with Crippen molar-refractivity contribution in [3.05, 3.63) is 30.1 Å². The van der Waals surface area contributed by atoms with Gasteiger partial charge in [-0.3, -0.25) is 4.79 Å². The van der Waals surface area contributed by atoms with Gasteiger partial charge < -0.3 is 19.9 Å². The van der Waals surface area contributed by atoms with Crippen LogP contribution in [0.15, 0.2) is 24.5 Å². The number of methoxy groups -OCH3 is 1. The van der Waals surface area contributed by atoms with Crippen LogP contribution in [0.2, 0.25) is 0 Å². The van der Waals surface area contributed by atoms with Crippen molar-refractivity contribution in [3.63, 3.8) is 0 Å². The minimum Gasteiger partial charge on any atom is -0.378 e. The fourth-order valence-electron chi connectivity index (χ4n) is 2.58. The maximum Gasteiger partial charge on any atom is 0.251 e. The SMILES string of the molecule is COC1CNCC1NC(=O)c1ccc2c(c1)ncn2C. The van der Waals surface area contributed by atoms with Crippen LogP contribution < -0.4 is 10.6 Å². The van der Waals surface area contributed by atoms with E-state index in [4.69, 9.17) is 4.74 Å². The van der Waals surface area contributed by atoms with Crippen molar-refractivity contribution < 1.29 is 9.53 Å². The average Bonchev–Trinajstić information content (AvgIpc) is 3.05. The first-order valence-electron chi connectivity index (χ1n) is 6.64. The highest BCUT2D eigenvalue weighted by Gasteiger charge is 2.28. The maximum absolute atomic E-state index is 12.3. The largest absolute Gasteiger partial charge is 0.378 e. The Labute approximate surface area is 117 Å².